The highest BCUT2D eigenvalue weighted by molar-refractivity contribution is 6.04. The number of aromatic nitrogens is 1. The van der Waals surface area contributed by atoms with E-state index in [-0.39, 0.29) is 25.0 Å². The Morgan fingerprint density at radius 3 is 2.71 bits per heavy atom. The fourth-order valence-corrected chi connectivity index (χ4v) is 3.69. The molecular weight excluding hydrogens is 358 g/mol. The van der Waals surface area contributed by atoms with E-state index in [0.717, 1.165) is 29.4 Å². The third-order valence-electron chi connectivity index (χ3n) is 5.45. The predicted octanol–water partition coefficient (Wildman–Crippen LogP) is 1.99. The average molecular weight is 381 g/mol. The fraction of sp³-hybridized carbons (Fsp3) is 0.429. The molecule has 7 nitrogen and oxygen atoms in total. The van der Waals surface area contributed by atoms with Crippen molar-refractivity contribution in [3.8, 4) is 0 Å². The maximum atomic E-state index is 12.7. The van der Waals surface area contributed by atoms with E-state index in [0.29, 0.717) is 30.9 Å². The monoisotopic (exact) mass is 381 g/mol. The zero-order valence-corrected chi connectivity index (χ0v) is 15.6. The lowest BCUT2D eigenvalue weighted by Gasteiger charge is -2.31. The van der Waals surface area contributed by atoms with Gasteiger partial charge in [-0.25, -0.2) is 4.79 Å². The van der Waals surface area contributed by atoms with Crippen molar-refractivity contribution >= 4 is 28.7 Å². The molecule has 4 rings (SSSR count). The summed E-state index contributed by atoms with van der Waals surface area (Å²) in [5.41, 5.74) is 7.45. The highest BCUT2D eigenvalue weighted by Gasteiger charge is 2.29. The Balaban J connectivity index is 1.46. The Kier molecular flexibility index (Phi) is 4.98. The number of benzene rings is 1. The number of fused-ring (bicyclic) bond motifs is 1. The van der Waals surface area contributed by atoms with E-state index in [1.165, 1.54) is 0 Å². The number of hydrogen-bond donors (Lipinski definition) is 1. The smallest absolute Gasteiger partial charge is 0.339 e. The molecule has 1 aromatic heterocycles. The second-order valence-corrected chi connectivity index (χ2v) is 7.54. The van der Waals surface area contributed by atoms with E-state index < -0.39 is 11.9 Å². The van der Waals surface area contributed by atoms with Crippen LogP contribution >= 0.6 is 0 Å². The van der Waals surface area contributed by atoms with Crippen LogP contribution < -0.4 is 5.73 Å². The first-order valence-corrected chi connectivity index (χ1v) is 9.67. The van der Waals surface area contributed by atoms with Crippen molar-refractivity contribution in [1.82, 2.24) is 9.88 Å². The molecule has 1 atom stereocenters. The van der Waals surface area contributed by atoms with E-state index in [4.69, 9.17) is 10.5 Å². The van der Waals surface area contributed by atoms with E-state index in [2.05, 4.69) is 4.98 Å². The normalized spacial score (nSPS) is 19.4. The van der Waals surface area contributed by atoms with Crippen LogP contribution in [0.3, 0.4) is 0 Å². The molecule has 0 radical (unpaired) electrons. The van der Waals surface area contributed by atoms with Crippen LogP contribution in [0.2, 0.25) is 0 Å². The Hall–Kier alpha value is -2.96. The fourth-order valence-electron chi connectivity index (χ4n) is 3.69. The Morgan fingerprint density at radius 1 is 1.18 bits per heavy atom. The number of primary amides is 1. The number of hydrogen-bond acceptors (Lipinski definition) is 5. The highest BCUT2D eigenvalue weighted by atomic mass is 16.5. The zero-order chi connectivity index (χ0) is 19.7. The van der Waals surface area contributed by atoms with Gasteiger partial charge in [-0.2, -0.15) is 0 Å². The third-order valence-corrected chi connectivity index (χ3v) is 5.45. The summed E-state index contributed by atoms with van der Waals surface area (Å²) in [5, 5.41) is 0.719. The van der Waals surface area contributed by atoms with Crippen LogP contribution in [-0.4, -0.2) is 47.4 Å². The molecule has 28 heavy (non-hydrogen) atoms. The van der Waals surface area contributed by atoms with Crippen LogP contribution in [0.4, 0.5) is 0 Å². The molecule has 2 N–H and O–H groups in total. The number of para-hydroxylation sites is 1. The minimum Gasteiger partial charge on any atom is -0.452 e. The van der Waals surface area contributed by atoms with Gasteiger partial charge < -0.3 is 15.4 Å². The van der Waals surface area contributed by atoms with Gasteiger partial charge >= 0.3 is 5.97 Å². The zero-order valence-electron chi connectivity index (χ0n) is 15.6. The van der Waals surface area contributed by atoms with Gasteiger partial charge in [-0.05, 0) is 37.8 Å². The summed E-state index contributed by atoms with van der Waals surface area (Å²) in [6.45, 7) is 0.486. The van der Waals surface area contributed by atoms with E-state index in [1.54, 1.807) is 11.0 Å². The number of nitrogens with two attached hydrogens (primary N) is 1. The summed E-state index contributed by atoms with van der Waals surface area (Å²) in [7, 11) is 0. The van der Waals surface area contributed by atoms with Crippen LogP contribution in [0.1, 0.15) is 47.7 Å². The molecule has 1 saturated heterocycles. The Bertz CT molecular complexity index is 938. The average Bonchev–Trinajstić information content (AvgIpc) is 3.56. The molecule has 1 aromatic carbocycles. The molecule has 1 saturated carbocycles. The molecule has 0 unspecified atom stereocenters. The summed E-state index contributed by atoms with van der Waals surface area (Å²) in [6, 6.07) is 9.23. The van der Waals surface area contributed by atoms with Crippen molar-refractivity contribution in [2.45, 2.75) is 31.6 Å². The van der Waals surface area contributed by atoms with Gasteiger partial charge in [-0.1, -0.05) is 18.2 Å². The molecule has 2 heterocycles. The van der Waals surface area contributed by atoms with Gasteiger partial charge in [0.1, 0.15) is 0 Å². The van der Waals surface area contributed by atoms with Crippen LogP contribution in [0.25, 0.3) is 10.9 Å². The quantitative estimate of drug-likeness (QED) is 0.798. The van der Waals surface area contributed by atoms with Gasteiger partial charge in [0.2, 0.25) is 5.91 Å². The van der Waals surface area contributed by atoms with E-state index >= 15 is 0 Å². The number of carbonyl (C=O) groups is 3. The van der Waals surface area contributed by atoms with Crippen LogP contribution in [0, 0.1) is 5.92 Å². The van der Waals surface area contributed by atoms with Gasteiger partial charge in [-0.15, -0.1) is 0 Å². The Morgan fingerprint density at radius 2 is 1.96 bits per heavy atom. The molecule has 2 fully saturated rings. The number of pyridine rings is 1. The minimum absolute atomic E-state index is 0.287. The molecule has 2 aliphatic rings. The largest absolute Gasteiger partial charge is 0.452 e. The molecular formula is C21H23N3O4. The number of nitrogens with zero attached hydrogens (tertiary/aromatic N) is 2. The van der Waals surface area contributed by atoms with Crippen LogP contribution in [-0.2, 0) is 14.3 Å². The first kappa shape index (κ1) is 18.4. The molecule has 0 bridgehead atoms. The minimum atomic E-state index is -0.530. The lowest BCUT2D eigenvalue weighted by Crippen LogP contribution is -2.45. The standard InChI is InChI=1S/C21H23N3O4/c22-20(26)14-4-3-9-24(11-14)19(25)12-28-21(27)16-10-18(13-7-8-13)23-17-6-2-1-5-15(16)17/h1-2,5-6,10,13-14H,3-4,7-9,11-12H2,(H2,22,26)/t14-/m1/s1. The number of carbonyl (C=O) groups excluding carboxylic acids is 3. The number of likely N-dealkylation sites (tertiary alicyclic amines) is 1. The van der Waals surface area contributed by atoms with Crippen molar-refractivity contribution in [1.29, 1.82) is 0 Å². The summed E-state index contributed by atoms with van der Waals surface area (Å²) in [4.78, 5) is 42.7. The lowest BCUT2D eigenvalue weighted by atomic mass is 9.97. The van der Waals surface area contributed by atoms with Gasteiger partial charge in [0, 0.05) is 30.1 Å². The highest BCUT2D eigenvalue weighted by Crippen LogP contribution is 2.40. The number of rotatable bonds is 5. The van der Waals surface area contributed by atoms with Gasteiger partial charge in [-0.3, -0.25) is 14.6 Å². The third kappa shape index (κ3) is 3.83. The van der Waals surface area contributed by atoms with Crippen LogP contribution in [0.15, 0.2) is 30.3 Å². The molecule has 0 spiro atoms. The number of esters is 1. The van der Waals surface area contributed by atoms with Gasteiger partial charge in [0.05, 0.1) is 17.0 Å². The first-order valence-electron chi connectivity index (χ1n) is 9.67. The van der Waals surface area contributed by atoms with Crippen molar-refractivity contribution in [2.75, 3.05) is 19.7 Å². The SMILES string of the molecule is NC(=O)[C@@H]1CCCN(C(=O)COC(=O)c2cc(C3CC3)nc3ccccc23)C1. The van der Waals surface area contributed by atoms with Crippen molar-refractivity contribution in [2.24, 2.45) is 11.7 Å². The maximum Gasteiger partial charge on any atom is 0.339 e. The first-order chi connectivity index (χ1) is 13.5. The lowest BCUT2D eigenvalue weighted by molar-refractivity contribution is -0.137. The molecule has 2 amide bonds. The molecule has 7 heteroatoms. The second-order valence-electron chi connectivity index (χ2n) is 7.54. The van der Waals surface area contributed by atoms with E-state index in [9.17, 15) is 14.4 Å². The number of amides is 2. The van der Waals surface area contributed by atoms with Gasteiger partial charge in [0.15, 0.2) is 6.61 Å². The second kappa shape index (κ2) is 7.58. The number of ether oxygens (including phenoxy) is 1. The van der Waals surface area contributed by atoms with E-state index in [1.807, 2.05) is 24.3 Å². The summed E-state index contributed by atoms with van der Waals surface area (Å²) >= 11 is 0. The predicted molar refractivity (Wildman–Crippen MR) is 102 cm³/mol. The summed E-state index contributed by atoms with van der Waals surface area (Å²) in [5.74, 6) is -1.17. The van der Waals surface area contributed by atoms with Crippen molar-refractivity contribution < 1.29 is 19.1 Å². The molecule has 1 aliphatic heterocycles. The Labute approximate surface area is 162 Å². The van der Waals surface area contributed by atoms with Crippen molar-refractivity contribution in [3.63, 3.8) is 0 Å². The molecule has 1 aliphatic carbocycles. The summed E-state index contributed by atoms with van der Waals surface area (Å²) in [6.07, 6.45) is 3.56. The topological polar surface area (TPSA) is 103 Å². The molecule has 2 aromatic rings. The summed E-state index contributed by atoms with van der Waals surface area (Å²) < 4.78 is 5.33. The van der Waals surface area contributed by atoms with Crippen LogP contribution in [0.5, 0.6) is 0 Å². The van der Waals surface area contributed by atoms with Gasteiger partial charge in [0.25, 0.3) is 5.91 Å². The maximum absolute atomic E-state index is 12.7. The molecule has 146 valence electrons. The van der Waals surface area contributed by atoms with Crippen molar-refractivity contribution in [3.05, 3.63) is 41.6 Å². The number of piperidine rings is 1.